The Kier molecular flexibility index (Phi) is 5.34. The summed E-state index contributed by atoms with van der Waals surface area (Å²) in [5.41, 5.74) is 2.05. The Morgan fingerprint density at radius 3 is 2.44 bits per heavy atom. The number of nitrogens with zero attached hydrogens (tertiary/aromatic N) is 2. The Balaban J connectivity index is 1.82. The zero-order valence-corrected chi connectivity index (χ0v) is 15.8. The molecule has 1 aliphatic heterocycles. The van der Waals surface area contributed by atoms with Gasteiger partial charge in [-0.05, 0) is 29.8 Å². The molecule has 3 rings (SSSR count). The molecule has 25 heavy (non-hydrogen) atoms. The van der Waals surface area contributed by atoms with E-state index in [1.807, 2.05) is 43.3 Å². The van der Waals surface area contributed by atoms with Crippen molar-refractivity contribution in [3.05, 3.63) is 59.1 Å². The molecule has 0 aromatic heterocycles. The first-order chi connectivity index (χ1) is 11.9. The van der Waals surface area contributed by atoms with Gasteiger partial charge >= 0.3 is 0 Å². The van der Waals surface area contributed by atoms with Crippen molar-refractivity contribution in [1.29, 1.82) is 0 Å². The van der Waals surface area contributed by atoms with Crippen LogP contribution in [-0.2, 0) is 14.8 Å². The molecule has 2 aromatic carbocycles. The number of anilines is 1. The van der Waals surface area contributed by atoms with E-state index in [9.17, 15) is 8.42 Å². The summed E-state index contributed by atoms with van der Waals surface area (Å²) < 4.78 is 33.1. The van der Waals surface area contributed by atoms with Gasteiger partial charge in [-0.15, -0.1) is 0 Å². The first-order valence-electron chi connectivity index (χ1n) is 8.03. The lowest BCUT2D eigenvalue weighted by Crippen LogP contribution is -2.42. The molecule has 0 saturated carbocycles. The van der Waals surface area contributed by atoms with Crippen LogP contribution in [0.25, 0.3) is 0 Å². The smallest absolute Gasteiger partial charge is 0.244 e. The van der Waals surface area contributed by atoms with Crippen molar-refractivity contribution in [3.8, 4) is 0 Å². The molecule has 0 spiro atoms. The molecule has 2 aromatic rings. The van der Waals surface area contributed by atoms with E-state index < -0.39 is 10.0 Å². The number of morpholine rings is 1. The maximum atomic E-state index is 12.9. The first kappa shape index (κ1) is 18.2. The highest BCUT2D eigenvalue weighted by atomic mass is 35.5. The fourth-order valence-corrected chi connectivity index (χ4v) is 4.74. The van der Waals surface area contributed by atoms with Crippen LogP contribution in [0.3, 0.4) is 0 Å². The molecular formula is C18H21ClN2O3S. The summed E-state index contributed by atoms with van der Waals surface area (Å²) in [7, 11) is 0.310. The van der Waals surface area contributed by atoms with E-state index >= 15 is 0 Å². The van der Waals surface area contributed by atoms with Crippen LogP contribution in [-0.4, -0.2) is 46.5 Å². The van der Waals surface area contributed by atoms with Crippen molar-refractivity contribution in [2.45, 2.75) is 11.0 Å². The Morgan fingerprint density at radius 1 is 1.12 bits per heavy atom. The maximum Gasteiger partial charge on any atom is 0.244 e. The fraction of sp³-hybridized carbons (Fsp3) is 0.333. The van der Waals surface area contributed by atoms with Crippen molar-refractivity contribution < 1.29 is 13.2 Å². The van der Waals surface area contributed by atoms with Crippen molar-refractivity contribution >= 4 is 27.3 Å². The van der Waals surface area contributed by atoms with E-state index in [4.69, 9.17) is 16.3 Å². The normalized spacial score (nSPS) is 18.9. The summed E-state index contributed by atoms with van der Waals surface area (Å²) in [5, 5.41) is 0.237. The third-order valence-corrected chi connectivity index (χ3v) is 6.63. The average molecular weight is 381 g/mol. The predicted octanol–water partition coefficient (Wildman–Crippen LogP) is 3.17. The second kappa shape index (κ2) is 7.33. The summed E-state index contributed by atoms with van der Waals surface area (Å²) in [6, 6.07) is 14.5. The van der Waals surface area contributed by atoms with E-state index in [1.165, 1.54) is 10.4 Å². The van der Waals surface area contributed by atoms with Gasteiger partial charge in [0, 0.05) is 32.9 Å². The van der Waals surface area contributed by atoms with Gasteiger partial charge in [-0.2, -0.15) is 4.31 Å². The van der Waals surface area contributed by atoms with Crippen LogP contribution in [0.2, 0.25) is 5.02 Å². The van der Waals surface area contributed by atoms with Gasteiger partial charge in [-0.25, -0.2) is 8.42 Å². The summed E-state index contributed by atoms with van der Waals surface area (Å²) in [6.07, 6.45) is -0.290. The SMILES string of the molecule is CN(C)c1ccc(C2CN(S(=O)(=O)c3ccccc3Cl)CCO2)cc1. The molecule has 0 aliphatic carbocycles. The van der Waals surface area contributed by atoms with Crippen molar-refractivity contribution in [2.24, 2.45) is 0 Å². The highest BCUT2D eigenvalue weighted by Crippen LogP contribution is 2.30. The second-order valence-electron chi connectivity index (χ2n) is 6.14. The van der Waals surface area contributed by atoms with E-state index in [0.29, 0.717) is 13.2 Å². The Morgan fingerprint density at radius 2 is 1.80 bits per heavy atom. The molecule has 0 bridgehead atoms. The molecule has 1 atom stereocenters. The summed E-state index contributed by atoms with van der Waals surface area (Å²) in [4.78, 5) is 2.15. The van der Waals surface area contributed by atoms with Crippen LogP contribution < -0.4 is 4.90 Å². The molecule has 1 fully saturated rings. The van der Waals surface area contributed by atoms with Gasteiger partial charge in [0.2, 0.25) is 10.0 Å². The number of benzene rings is 2. The summed E-state index contributed by atoms with van der Waals surface area (Å²) >= 11 is 6.09. The van der Waals surface area contributed by atoms with E-state index in [1.54, 1.807) is 18.2 Å². The van der Waals surface area contributed by atoms with Crippen LogP contribution in [0.5, 0.6) is 0 Å². The molecule has 1 aliphatic rings. The molecule has 0 N–H and O–H groups in total. The molecule has 7 heteroatoms. The topological polar surface area (TPSA) is 49.9 Å². The predicted molar refractivity (Wildman–Crippen MR) is 99.7 cm³/mol. The lowest BCUT2D eigenvalue weighted by atomic mass is 10.1. The van der Waals surface area contributed by atoms with Gasteiger partial charge in [0.1, 0.15) is 4.90 Å². The lowest BCUT2D eigenvalue weighted by Gasteiger charge is -2.32. The van der Waals surface area contributed by atoms with Gasteiger partial charge in [0.25, 0.3) is 0 Å². The lowest BCUT2D eigenvalue weighted by molar-refractivity contribution is -0.00254. The third kappa shape index (κ3) is 3.82. The minimum Gasteiger partial charge on any atom is -0.378 e. The number of hydrogen-bond donors (Lipinski definition) is 0. The molecule has 134 valence electrons. The number of hydrogen-bond acceptors (Lipinski definition) is 4. The van der Waals surface area contributed by atoms with Gasteiger partial charge in [0.15, 0.2) is 0 Å². The molecule has 1 heterocycles. The number of rotatable bonds is 4. The largest absolute Gasteiger partial charge is 0.378 e. The van der Waals surface area contributed by atoms with Crippen LogP contribution in [0.1, 0.15) is 11.7 Å². The van der Waals surface area contributed by atoms with Gasteiger partial charge in [-0.1, -0.05) is 35.9 Å². The molecule has 0 radical (unpaired) electrons. The quantitative estimate of drug-likeness (QED) is 0.817. The molecule has 5 nitrogen and oxygen atoms in total. The third-order valence-electron chi connectivity index (χ3n) is 4.26. The van der Waals surface area contributed by atoms with Crippen LogP contribution >= 0.6 is 11.6 Å². The second-order valence-corrected chi connectivity index (χ2v) is 8.45. The minimum absolute atomic E-state index is 0.139. The van der Waals surface area contributed by atoms with Gasteiger partial charge < -0.3 is 9.64 Å². The highest BCUT2D eigenvalue weighted by molar-refractivity contribution is 7.89. The average Bonchev–Trinajstić information content (AvgIpc) is 2.62. The highest BCUT2D eigenvalue weighted by Gasteiger charge is 2.32. The Hall–Kier alpha value is -1.60. The minimum atomic E-state index is -3.64. The van der Waals surface area contributed by atoms with Gasteiger partial charge in [0.05, 0.1) is 17.7 Å². The van der Waals surface area contributed by atoms with Crippen LogP contribution in [0, 0.1) is 0 Å². The number of sulfonamides is 1. The first-order valence-corrected chi connectivity index (χ1v) is 9.85. The summed E-state index contributed by atoms with van der Waals surface area (Å²) in [6.45, 7) is 0.943. The Labute approximate surface area is 153 Å². The van der Waals surface area contributed by atoms with Crippen LogP contribution in [0.4, 0.5) is 5.69 Å². The van der Waals surface area contributed by atoms with Crippen LogP contribution in [0.15, 0.2) is 53.4 Å². The van der Waals surface area contributed by atoms with Crippen molar-refractivity contribution in [1.82, 2.24) is 4.31 Å². The molecular weight excluding hydrogens is 360 g/mol. The molecule has 1 unspecified atom stereocenters. The zero-order valence-electron chi connectivity index (χ0n) is 14.2. The van der Waals surface area contributed by atoms with Crippen molar-refractivity contribution in [2.75, 3.05) is 38.7 Å². The summed E-state index contributed by atoms with van der Waals surface area (Å²) in [5.74, 6) is 0. The zero-order chi connectivity index (χ0) is 18.0. The Bertz CT molecular complexity index is 838. The van der Waals surface area contributed by atoms with Gasteiger partial charge in [-0.3, -0.25) is 0 Å². The monoisotopic (exact) mass is 380 g/mol. The maximum absolute atomic E-state index is 12.9. The fourth-order valence-electron chi connectivity index (χ4n) is 2.83. The number of halogens is 1. The van der Waals surface area contributed by atoms with Crippen molar-refractivity contribution in [3.63, 3.8) is 0 Å². The molecule has 1 saturated heterocycles. The number of ether oxygens (including phenoxy) is 1. The van der Waals surface area contributed by atoms with E-state index in [2.05, 4.69) is 0 Å². The standard InChI is InChI=1S/C18H21ClN2O3S/c1-20(2)15-9-7-14(8-10-15)17-13-21(11-12-24-17)25(22,23)18-6-4-3-5-16(18)19/h3-10,17H,11-13H2,1-2H3. The molecule has 0 amide bonds. The van der Waals surface area contributed by atoms with E-state index in [-0.39, 0.29) is 22.6 Å². The van der Waals surface area contributed by atoms with E-state index in [0.717, 1.165) is 11.3 Å².